The third-order valence-electron chi connectivity index (χ3n) is 1.88. The Hall–Kier alpha value is -1.75. The smallest absolute Gasteiger partial charge is 0.251 e. The highest BCUT2D eigenvalue weighted by molar-refractivity contribution is 6.30. The van der Waals surface area contributed by atoms with Crippen molar-refractivity contribution in [1.82, 2.24) is 5.32 Å². The number of nitrogens with zero attached hydrogens (tertiary/aromatic N) is 1. The van der Waals surface area contributed by atoms with Crippen LogP contribution in [0.5, 0.6) is 0 Å². The molecule has 0 bridgehead atoms. The lowest BCUT2D eigenvalue weighted by molar-refractivity contribution is 0.0954. The first-order valence-corrected chi connectivity index (χ1v) is 5.01. The second-order valence-electron chi connectivity index (χ2n) is 3.11. The number of benzene rings is 1. The Morgan fingerprint density at radius 1 is 1.56 bits per heavy atom. The number of carbonyl (C=O) groups is 1. The fraction of sp³-hybridized carbons (Fsp3) is 0.200. The first-order chi connectivity index (χ1) is 7.63. The number of nitrogens with one attached hydrogen (secondary N) is 1. The average Bonchev–Trinajstić information content (AvgIpc) is 2.28. The van der Waals surface area contributed by atoms with Gasteiger partial charge in [0.1, 0.15) is 5.84 Å². The molecule has 0 heterocycles. The van der Waals surface area contributed by atoms with Crippen LogP contribution in [-0.4, -0.2) is 23.5 Å². The van der Waals surface area contributed by atoms with Gasteiger partial charge in [0.05, 0.1) is 0 Å². The number of carbonyl (C=O) groups excluding carboxylic acids is 1. The van der Waals surface area contributed by atoms with Crippen molar-refractivity contribution in [3.05, 3.63) is 34.9 Å². The molecule has 0 fully saturated rings. The molecule has 16 heavy (non-hydrogen) atoms. The molecular weight excluding hydrogens is 230 g/mol. The third kappa shape index (κ3) is 3.78. The van der Waals surface area contributed by atoms with E-state index >= 15 is 0 Å². The van der Waals surface area contributed by atoms with E-state index in [2.05, 4.69) is 10.5 Å². The molecule has 1 amide bonds. The first kappa shape index (κ1) is 12.3. The van der Waals surface area contributed by atoms with E-state index in [-0.39, 0.29) is 11.7 Å². The van der Waals surface area contributed by atoms with Gasteiger partial charge >= 0.3 is 0 Å². The Morgan fingerprint density at radius 2 is 2.31 bits per heavy atom. The van der Waals surface area contributed by atoms with E-state index in [0.29, 0.717) is 23.6 Å². The summed E-state index contributed by atoms with van der Waals surface area (Å²) in [6, 6.07) is 6.61. The highest BCUT2D eigenvalue weighted by atomic mass is 35.5. The van der Waals surface area contributed by atoms with Gasteiger partial charge in [-0.1, -0.05) is 22.8 Å². The zero-order valence-electron chi connectivity index (χ0n) is 8.48. The van der Waals surface area contributed by atoms with Gasteiger partial charge in [-0.05, 0) is 18.2 Å². The predicted molar refractivity (Wildman–Crippen MR) is 61.8 cm³/mol. The number of rotatable bonds is 4. The molecule has 0 aliphatic rings. The highest BCUT2D eigenvalue weighted by Crippen LogP contribution is 2.10. The fourth-order valence-electron chi connectivity index (χ4n) is 1.09. The topological polar surface area (TPSA) is 87.7 Å². The van der Waals surface area contributed by atoms with E-state index in [1.807, 2.05) is 0 Å². The molecule has 6 heteroatoms. The minimum atomic E-state index is -0.242. The zero-order chi connectivity index (χ0) is 12.0. The van der Waals surface area contributed by atoms with Gasteiger partial charge in [-0.25, -0.2) is 0 Å². The van der Waals surface area contributed by atoms with Crippen LogP contribution >= 0.6 is 11.6 Å². The molecule has 86 valence electrons. The number of halogens is 1. The summed E-state index contributed by atoms with van der Waals surface area (Å²) in [6.45, 7) is 0.307. The molecule has 0 atom stereocenters. The maximum Gasteiger partial charge on any atom is 0.251 e. The van der Waals surface area contributed by atoms with Gasteiger partial charge in [-0.3, -0.25) is 4.79 Å². The van der Waals surface area contributed by atoms with Crippen molar-refractivity contribution in [3.63, 3.8) is 0 Å². The summed E-state index contributed by atoms with van der Waals surface area (Å²) in [5, 5.41) is 14.2. The van der Waals surface area contributed by atoms with Crippen LogP contribution in [0, 0.1) is 0 Å². The van der Waals surface area contributed by atoms with E-state index in [4.69, 9.17) is 22.5 Å². The molecule has 5 nitrogen and oxygen atoms in total. The Labute approximate surface area is 97.9 Å². The molecule has 1 aromatic rings. The summed E-state index contributed by atoms with van der Waals surface area (Å²) in [5.74, 6) is -0.167. The largest absolute Gasteiger partial charge is 0.409 e. The van der Waals surface area contributed by atoms with Gasteiger partial charge in [0, 0.05) is 23.6 Å². The molecule has 0 aliphatic heterocycles. The van der Waals surface area contributed by atoms with Gasteiger partial charge in [-0.2, -0.15) is 0 Å². The molecule has 0 aromatic heterocycles. The molecule has 0 spiro atoms. The number of amides is 1. The lowest BCUT2D eigenvalue weighted by Crippen LogP contribution is -2.27. The Morgan fingerprint density at radius 3 is 2.94 bits per heavy atom. The first-order valence-electron chi connectivity index (χ1n) is 4.63. The zero-order valence-corrected chi connectivity index (χ0v) is 9.24. The molecular formula is C10H12ClN3O2. The molecule has 4 N–H and O–H groups in total. The van der Waals surface area contributed by atoms with Crippen molar-refractivity contribution < 1.29 is 10.0 Å². The summed E-state index contributed by atoms with van der Waals surface area (Å²) in [6.07, 6.45) is 0.294. The SMILES string of the molecule is NC(CCNC(=O)c1cccc(Cl)c1)=NO. The summed E-state index contributed by atoms with van der Waals surface area (Å²) < 4.78 is 0. The van der Waals surface area contributed by atoms with Crippen LogP contribution in [0.1, 0.15) is 16.8 Å². The van der Waals surface area contributed by atoms with Crippen molar-refractivity contribution in [2.75, 3.05) is 6.54 Å². The normalized spacial score (nSPS) is 11.2. The van der Waals surface area contributed by atoms with Crippen LogP contribution in [0.3, 0.4) is 0 Å². The minimum absolute atomic E-state index is 0.0754. The number of amidine groups is 1. The quantitative estimate of drug-likeness (QED) is 0.320. The average molecular weight is 242 g/mol. The molecule has 1 aromatic carbocycles. The minimum Gasteiger partial charge on any atom is -0.409 e. The van der Waals surface area contributed by atoms with Gasteiger partial charge in [0.15, 0.2) is 0 Å². The van der Waals surface area contributed by atoms with Crippen LogP contribution in [-0.2, 0) is 0 Å². The van der Waals surface area contributed by atoms with E-state index in [1.54, 1.807) is 24.3 Å². The van der Waals surface area contributed by atoms with Gasteiger partial charge in [-0.15, -0.1) is 0 Å². The van der Waals surface area contributed by atoms with Crippen LogP contribution in [0.15, 0.2) is 29.4 Å². The number of oxime groups is 1. The molecule has 0 saturated carbocycles. The molecule has 1 rings (SSSR count). The molecule has 0 radical (unpaired) electrons. The fourth-order valence-corrected chi connectivity index (χ4v) is 1.28. The maximum absolute atomic E-state index is 11.6. The summed E-state index contributed by atoms with van der Waals surface area (Å²) >= 11 is 5.74. The van der Waals surface area contributed by atoms with E-state index in [0.717, 1.165) is 0 Å². The lowest BCUT2D eigenvalue weighted by Gasteiger charge is -2.04. The van der Waals surface area contributed by atoms with E-state index in [9.17, 15) is 4.79 Å². The lowest BCUT2D eigenvalue weighted by atomic mass is 10.2. The molecule has 0 unspecified atom stereocenters. The monoisotopic (exact) mass is 241 g/mol. The highest BCUT2D eigenvalue weighted by Gasteiger charge is 2.05. The van der Waals surface area contributed by atoms with E-state index < -0.39 is 0 Å². The summed E-state index contributed by atoms with van der Waals surface area (Å²) in [5.41, 5.74) is 5.73. The van der Waals surface area contributed by atoms with Crippen molar-refractivity contribution in [2.24, 2.45) is 10.9 Å². The van der Waals surface area contributed by atoms with Gasteiger partial charge in [0.2, 0.25) is 0 Å². The predicted octanol–water partition coefficient (Wildman–Crippen LogP) is 1.21. The van der Waals surface area contributed by atoms with Crippen LogP contribution < -0.4 is 11.1 Å². The van der Waals surface area contributed by atoms with Crippen molar-refractivity contribution in [2.45, 2.75) is 6.42 Å². The Kier molecular flexibility index (Phi) is 4.60. The van der Waals surface area contributed by atoms with E-state index in [1.165, 1.54) is 0 Å². The Balaban J connectivity index is 2.47. The molecule has 0 aliphatic carbocycles. The number of nitrogens with two attached hydrogens (primary N) is 1. The number of hydrogen-bond donors (Lipinski definition) is 3. The summed E-state index contributed by atoms with van der Waals surface area (Å²) in [4.78, 5) is 11.6. The maximum atomic E-state index is 11.6. The van der Waals surface area contributed by atoms with Crippen molar-refractivity contribution in [1.29, 1.82) is 0 Å². The van der Waals surface area contributed by atoms with Crippen LogP contribution in [0.25, 0.3) is 0 Å². The van der Waals surface area contributed by atoms with Crippen molar-refractivity contribution in [3.8, 4) is 0 Å². The van der Waals surface area contributed by atoms with Crippen LogP contribution in [0.4, 0.5) is 0 Å². The van der Waals surface area contributed by atoms with Gasteiger partial charge in [0.25, 0.3) is 5.91 Å². The molecule has 0 saturated heterocycles. The summed E-state index contributed by atoms with van der Waals surface area (Å²) in [7, 11) is 0. The second-order valence-corrected chi connectivity index (χ2v) is 3.54. The number of hydrogen-bond acceptors (Lipinski definition) is 3. The van der Waals surface area contributed by atoms with Gasteiger partial charge < -0.3 is 16.3 Å². The Bertz CT molecular complexity index is 407. The third-order valence-corrected chi connectivity index (χ3v) is 2.12. The van der Waals surface area contributed by atoms with Crippen LogP contribution in [0.2, 0.25) is 5.02 Å². The van der Waals surface area contributed by atoms with Crippen molar-refractivity contribution >= 4 is 23.3 Å². The standard InChI is InChI=1S/C10H12ClN3O2/c11-8-3-1-2-7(6-8)10(15)13-5-4-9(12)14-16/h1-3,6,16H,4-5H2,(H2,12,14)(H,13,15). The second kappa shape index (κ2) is 5.97.